The predicted octanol–water partition coefficient (Wildman–Crippen LogP) is 6.78. The van der Waals surface area contributed by atoms with E-state index in [2.05, 4.69) is 48.6 Å². The van der Waals surface area contributed by atoms with E-state index in [0.29, 0.717) is 30.3 Å². The molecular weight excluding hydrogens is 494 g/mol. The minimum Gasteiger partial charge on any atom is -0.450 e. The van der Waals surface area contributed by atoms with E-state index >= 15 is 0 Å². The number of hydrogen-bond acceptors (Lipinski definition) is 5. The van der Waals surface area contributed by atoms with E-state index in [1.807, 2.05) is 24.4 Å². The summed E-state index contributed by atoms with van der Waals surface area (Å²) in [7, 11) is 0. The smallest absolute Gasteiger partial charge is 0.407 e. The zero-order valence-electron chi connectivity index (χ0n) is 21.1. The number of alkyl carbamates (subject to hydrolysis) is 1. The Balaban J connectivity index is 1.49. The third kappa shape index (κ3) is 6.08. The summed E-state index contributed by atoms with van der Waals surface area (Å²) in [5.74, 6) is -0.0867. The van der Waals surface area contributed by atoms with Crippen LogP contribution in [0.3, 0.4) is 0 Å². The van der Waals surface area contributed by atoms with Gasteiger partial charge in [-0.25, -0.2) is 4.79 Å². The molecule has 2 aromatic heterocycles. The van der Waals surface area contributed by atoms with Gasteiger partial charge in [0.2, 0.25) is 0 Å². The van der Waals surface area contributed by atoms with Gasteiger partial charge in [-0.15, -0.1) is 11.3 Å². The molecule has 1 saturated heterocycles. The Morgan fingerprint density at radius 2 is 2.00 bits per heavy atom. The maximum absolute atomic E-state index is 13.2. The largest absolute Gasteiger partial charge is 0.450 e. The number of ether oxygens (including phenoxy) is 1. The highest BCUT2D eigenvalue weighted by atomic mass is 35.5. The first-order valence-electron chi connectivity index (χ1n) is 12.2. The second-order valence-electron chi connectivity index (χ2n) is 10.0. The summed E-state index contributed by atoms with van der Waals surface area (Å²) in [6.45, 7) is 9.65. The molecule has 0 radical (unpaired) electrons. The molecule has 4 rings (SSSR count). The van der Waals surface area contributed by atoms with Crippen LogP contribution in [0.1, 0.15) is 56.6 Å². The number of piperidine rings is 1. The molecule has 3 aromatic rings. The summed E-state index contributed by atoms with van der Waals surface area (Å²) in [5, 5.41) is 5.47. The van der Waals surface area contributed by atoms with Crippen LogP contribution in [0.5, 0.6) is 0 Å². The van der Waals surface area contributed by atoms with E-state index < -0.39 is 6.09 Å². The monoisotopic (exact) mass is 525 g/mol. The Labute approximate surface area is 221 Å². The number of carbonyl (C=O) groups excluding carboxylic acids is 2. The molecule has 1 unspecified atom stereocenters. The van der Waals surface area contributed by atoms with Crippen LogP contribution in [0, 0.1) is 0 Å². The van der Waals surface area contributed by atoms with Crippen molar-refractivity contribution in [3.05, 3.63) is 64.3 Å². The molecule has 0 spiro atoms. The van der Waals surface area contributed by atoms with Gasteiger partial charge in [0.25, 0.3) is 5.91 Å². The maximum Gasteiger partial charge on any atom is 0.407 e. The standard InChI is InChI=1S/C28H32ClN3O3S/c1-5-35-27(34)31-21-7-6-12-32(16-21)26(33)19-8-9-22(23(29)13-19)20-14-24(36-17-20)18-10-11-30-25(15-18)28(2,3)4/h8-11,13-15,17,21H,5-7,12,16H2,1-4H3,(H,31,34). The molecule has 0 aliphatic carbocycles. The van der Waals surface area contributed by atoms with Gasteiger partial charge < -0.3 is 15.0 Å². The minimum absolute atomic E-state index is 0.0228. The molecule has 1 aromatic carbocycles. The number of aromatic nitrogens is 1. The molecule has 2 amide bonds. The SMILES string of the molecule is CCOC(=O)NC1CCCN(C(=O)c2ccc(-c3csc(-c4ccnc(C(C)(C)C)c4)c3)c(Cl)c2)C1. The number of hydrogen-bond donors (Lipinski definition) is 1. The number of thiophene rings is 1. The Morgan fingerprint density at radius 1 is 1.19 bits per heavy atom. The molecule has 1 fully saturated rings. The number of nitrogens with one attached hydrogen (secondary N) is 1. The van der Waals surface area contributed by atoms with Crippen molar-refractivity contribution in [3.63, 3.8) is 0 Å². The average molecular weight is 526 g/mol. The second-order valence-corrected chi connectivity index (χ2v) is 11.3. The fourth-order valence-corrected chi connectivity index (χ4v) is 5.50. The van der Waals surface area contributed by atoms with E-state index in [4.69, 9.17) is 16.3 Å². The van der Waals surface area contributed by atoms with Crippen molar-refractivity contribution in [1.82, 2.24) is 15.2 Å². The number of amides is 2. The lowest BCUT2D eigenvalue weighted by molar-refractivity contribution is 0.0686. The van der Waals surface area contributed by atoms with Crippen LogP contribution in [0.15, 0.2) is 48.0 Å². The van der Waals surface area contributed by atoms with Crippen LogP contribution in [-0.4, -0.2) is 47.6 Å². The maximum atomic E-state index is 13.2. The van der Waals surface area contributed by atoms with Gasteiger partial charge in [0, 0.05) is 57.5 Å². The second kappa shape index (κ2) is 11.0. The van der Waals surface area contributed by atoms with Crippen molar-refractivity contribution in [3.8, 4) is 21.6 Å². The molecule has 1 aliphatic heterocycles. The van der Waals surface area contributed by atoms with Crippen LogP contribution in [-0.2, 0) is 10.2 Å². The number of nitrogens with zero attached hydrogens (tertiary/aromatic N) is 2. The van der Waals surface area contributed by atoms with Gasteiger partial charge in [0.1, 0.15) is 0 Å². The number of likely N-dealkylation sites (tertiary alicyclic amines) is 1. The first-order chi connectivity index (χ1) is 17.2. The molecule has 6 nitrogen and oxygen atoms in total. The van der Waals surface area contributed by atoms with Crippen molar-refractivity contribution < 1.29 is 14.3 Å². The molecular formula is C28H32ClN3O3S. The Kier molecular flexibility index (Phi) is 8.00. The summed E-state index contributed by atoms with van der Waals surface area (Å²) >= 11 is 8.33. The van der Waals surface area contributed by atoms with Crippen LogP contribution >= 0.6 is 22.9 Å². The summed E-state index contributed by atoms with van der Waals surface area (Å²) in [6, 6.07) is 11.7. The number of rotatable bonds is 5. The molecule has 190 valence electrons. The lowest BCUT2D eigenvalue weighted by Crippen LogP contribution is -2.49. The molecule has 0 saturated carbocycles. The van der Waals surface area contributed by atoms with Gasteiger partial charge in [0.15, 0.2) is 0 Å². The number of halogens is 1. The zero-order chi connectivity index (χ0) is 25.9. The van der Waals surface area contributed by atoms with E-state index in [1.54, 1.807) is 29.2 Å². The Hall–Kier alpha value is -2.90. The third-order valence-electron chi connectivity index (χ3n) is 6.25. The van der Waals surface area contributed by atoms with Gasteiger partial charge in [-0.1, -0.05) is 38.4 Å². The van der Waals surface area contributed by atoms with Crippen LogP contribution < -0.4 is 5.32 Å². The van der Waals surface area contributed by atoms with E-state index in [-0.39, 0.29) is 17.4 Å². The van der Waals surface area contributed by atoms with Crippen molar-refractivity contribution in [2.24, 2.45) is 0 Å². The minimum atomic E-state index is -0.444. The van der Waals surface area contributed by atoms with Crippen molar-refractivity contribution in [2.75, 3.05) is 19.7 Å². The fraction of sp³-hybridized carbons (Fsp3) is 0.393. The molecule has 36 heavy (non-hydrogen) atoms. The van der Waals surface area contributed by atoms with Gasteiger partial charge in [-0.3, -0.25) is 9.78 Å². The van der Waals surface area contributed by atoms with Gasteiger partial charge in [-0.2, -0.15) is 0 Å². The fourth-order valence-electron chi connectivity index (χ4n) is 4.31. The summed E-state index contributed by atoms with van der Waals surface area (Å²) in [5.41, 5.74) is 4.61. The van der Waals surface area contributed by atoms with Crippen LogP contribution in [0.4, 0.5) is 4.79 Å². The van der Waals surface area contributed by atoms with Crippen molar-refractivity contribution in [1.29, 1.82) is 0 Å². The van der Waals surface area contributed by atoms with Crippen LogP contribution in [0.25, 0.3) is 21.6 Å². The molecule has 3 heterocycles. The quantitative estimate of drug-likeness (QED) is 0.398. The molecule has 1 aliphatic rings. The molecule has 8 heteroatoms. The first kappa shape index (κ1) is 26.2. The topological polar surface area (TPSA) is 71.5 Å². The highest BCUT2D eigenvalue weighted by Gasteiger charge is 2.26. The van der Waals surface area contributed by atoms with Gasteiger partial charge in [-0.05, 0) is 66.6 Å². The molecule has 1 N–H and O–H groups in total. The van der Waals surface area contributed by atoms with E-state index in [9.17, 15) is 9.59 Å². The number of carbonyl (C=O) groups is 2. The Bertz CT molecular complexity index is 1250. The van der Waals surface area contributed by atoms with E-state index in [0.717, 1.165) is 40.1 Å². The number of benzene rings is 1. The normalized spacial score (nSPS) is 16.0. The third-order valence-corrected chi connectivity index (χ3v) is 7.54. The summed E-state index contributed by atoms with van der Waals surface area (Å²) in [6.07, 6.45) is 3.05. The zero-order valence-corrected chi connectivity index (χ0v) is 22.7. The molecule has 0 bridgehead atoms. The first-order valence-corrected chi connectivity index (χ1v) is 13.5. The van der Waals surface area contributed by atoms with E-state index in [1.165, 1.54) is 0 Å². The van der Waals surface area contributed by atoms with Gasteiger partial charge in [0.05, 0.1) is 6.61 Å². The van der Waals surface area contributed by atoms with Gasteiger partial charge >= 0.3 is 6.09 Å². The molecule has 1 atom stereocenters. The number of pyridine rings is 1. The average Bonchev–Trinajstić information content (AvgIpc) is 3.33. The highest BCUT2D eigenvalue weighted by molar-refractivity contribution is 7.14. The van der Waals surface area contributed by atoms with Crippen molar-refractivity contribution >= 4 is 34.9 Å². The highest BCUT2D eigenvalue weighted by Crippen LogP contribution is 2.37. The Morgan fingerprint density at radius 3 is 2.72 bits per heavy atom. The lowest BCUT2D eigenvalue weighted by atomic mass is 9.90. The summed E-state index contributed by atoms with van der Waals surface area (Å²) in [4.78, 5) is 32.4. The summed E-state index contributed by atoms with van der Waals surface area (Å²) < 4.78 is 4.97. The lowest BCUT2D eigenvalue weighted by Gasteiger charge is -2.33. The van der Waals surface area contributed by atoms with Crippen LogP contribution in [0.2, 0.25) is 5.02 Å². The van der Waals surface area contributed by atoms with Crippen molar-refractivity contribution in [2.45, 2.75) is 52.0 Å². The predicted molar refractivity (Wildman–Crippen MR) is 146 cm³/mol.